The number of anilines is 1. The molecule has 2 aromatic heterocycles. The second-order valence-corrected chi connectivity index (χ2v) is 6.16. The predicted octanol–water partition coefficient (Wildman–Crippen LogP) is 0.872. The smallest absolute Gasteiger partial charge is 0.277 e. The zero-order valence-corrected chi connectivity index (χ0v) is 15.8. The lowest BCUT2D eigenvalue weighted by molar-refractivity contribution is -0.132. The predicted molar refractivity (Wildman–Crippen MR) is 98.2 cm³/mol. The second-order valence-electron chi connectivity index (χ2n) is 6.16. The Hall–Kier alpha value is -2.68. The van der Waals surface area contributed by atoms with E-state index in [2.05, 4.69) is 15.5 Å². The number of hydrogen-bond acceptors (Lipinski definition) is 6. The molecule has 0 spiro atoms. The zero-order valence-electron chi connectivity index (χ0n) is 15.8. The number of carbonyl (C=O) groups is 2. The highest BCUT2D eigenvalue weighted by Gasteiger charge is 2.20. The lowest BCUT2D eigenvalue weighted by Crippen LogP contribution is -2.41. The maximum Gasteiger partial charge on any atom is 0.277 e. The molecule has 0 unspecified atom stereocenters. The van der Waals surface area contributed by atoms with E-state index in [-0.39, 0.29) is 36.2 Å². The van der Waals surface area contributed by atoms with Gasteiger partial charge in [-0.2, -0.15) is 5.10 Å². The minimum absolute atomic E-state index is 0.00375. The van der Waals surface area contributed by atoms with Gasteiger partial charge in [-0.1, -0.05) is 0 Å². The highest BCUT2D eigenvalue weighted by atomic mass is 16.4. The molecule has 9 heteroatoms. The van der Waals surface area contributed by atoms with E-state index in [0.29, 0.717) is 29.9 Å². The second kappa shape index (κ2) is 8.13. The summed E-state index contributed by atoms with van der Waals surface area (Å²) in [6.45, 7) is 8.67. The number of aryl methyl sites for hydroxylation is 2. The molecule has 9 nitrogen and oxygen atoms in total. The highest BCUT2D eigenvalue weighted by Crippen LogP contribution is 2.28. The van der Waals surface area contributed by atoms with E-state index >= 15 is 0 Å². The first-order chi connectivity index (χ1) is 12.3. The van der Waals surface area contributed by atoms with Crippen LogP contribution in [-0.2, 0) is 9.59 Å². The fraction of sp³-hybridized carbons (Fsp3) is 0.529. The number of nitrogens with zero attached hydrogens (tertiary/aromatic N) is 3. The molecule has 2 rings (SSSR count). The standard InChI is InChI=1S/C17H25N5O4/c1-6-22(7-2)13(24)9-21(5)8-12(23)18-17-15-14(11(4)26-17)10(3)19-20-16(15)25/h6-9H2,1-5H3,(H,18,23)(H,20,25). The van der Waals surface area contributed by atoms with Gasteiger partial charge in [-0.3, -0.25) is 24.6 Å². The Labute approximate surface area is 151 Å². The molecule has 2 heterocycles. The average Bonchev–Trinajstić information content (AvgIpc) is 2.89. The van der Waals surface area contributed by atoms with Gasteiger partial charge >= 0.3 is 0 Å². The van der Waals surface area contributed by atoms with E-state index in [4.69, 9.17) is 4.42 Å². The normalized spacial score (nSPS) is 11.2. The van der Waals surface area contributed by atoms with Gasteiger partial charge in [-0.15, -0.1) is 0 Å². The number of nitrogens with one attached hydrogen (secondary N) is 2. The number of hydrogen-bond donors (Lipinski definition) is 2. The lowest BCUT2D eigenvalue weighted by Gasteiger charge is -2.22. The third kappa shape index (κ3) is 4.10. The van der Waals surface area contributed by atoms with E-state index in [0.717, 1.165) is 0 Å². The van der Waals surface area contributed by atoms with Crippen LogP contribution in [0, 0.1) is 13.8 Å². The molecule has 2 aromatic rings. The van der Waals surface area contributed by atoms with Crippen LogP contribution < -0.4 is 10.9 Å². The number of aromatic amines is 1. The van der Waals surface area contributed by atoms with Gasteiger partial charge < -0.3 is 9.32 Å². The lowest BCUT2D eigenvalue weighted by atomic mass is 10.2. The minimum atomic E-state index is -0.428. The van der Waals surface area contributed by atoms with Gasteiger partial charge in [0.1, 0.15) is 11.1 Å². The van der Waals surface area contributed by atoms with E-state index in [1.165, 1.54) is 0 Å². The molecule has 2 amide bonds. The summed E-state index contributed by atoms with van der Waals surface area (Å²) in [4.78, 5) is 39.8. The Morgan fingerprint density at radius 3 is 2.42 bits per heavy atom. The molecule has 2 N–H and O–H groups in total. The summed E-state index contributed by atoms with van der Waals surface area (Å²) in [6.07, 6.45) is 0. The molecule has 0 saturated heterocycles. The number of fused-ring (bicyclic) bond motifs is 1. The van der Waals surface area contributed by atoms with E-state index in [1.807, 2.05) is 13.8 Å². The van der Waals surface area contributed by atoms with Gasteiger partial charge in [0.15, 0.2) is 0 Å². The van der Waals surface area contributed by atoms with Gasteiger partial charge in [-0.05, 0) is 34.7 Å². The first-order valence-electron chi connectivity index (χ1n) is 8.52. The van der Waals surface area contributed by atoms with Crippen LogP contribution in [0.1, 0.15) is 25.3 Å². The summed E-state index contributed by atoms with van der Waals surface area (Å²) >= 11 is 0. The zero-order chi connectivity index (χ0) is 19.4. The largest absolute Gasteiger partial charge is 0.444 e. The average molecular weight is 363 g/mol. The summed E-state index contributed by atoms with van der Waals surface area (Å²) in [5.41, 5.74) is 0.186. The van der Waals surface area contributed by atoms with Crippen molar-refractivity contribution in [3.8, 4) is 0 Å². The monoisotopic (exact) mass is 363 g/mol. The maximum absolute atomic E-state index is 12.3. The number of likely N-dealkylation sites (N-methyl/N-ethyl adjacent to an activating group) is 2. The van der Waals surface area contributed by atoms with Crippen molar-refractivity contribution < 1.29 is 14.0 Å². The van der Waals surface area contributed by atoms with E-state index < -0.39 is 5.56 Å². The summed E-state index contributed by atoms with van der Waals surface area (Å²) < 4.78 is 5.55. The van der Waals surface area contributed by atoms with Crippen LogP contribution >= 0.6 is 0 Å². The molecule has 0 saturated carbocycles. The van der Waals surface area contributed by atoms with E-state index in [9.17, 15) is 14.4 Å². The van der Waals surface area contributed by atoms with Crippen molar-refractivity contribution in [2.24, 2.45) is 0 Å². The maximum atomic E-state index is 12.3. The molecule has 0 radical (unpaired) electrons. The fourth-order valence-electron chi connectivity index (χ4n) is 2.91. The van der Waals surface area contributed by atoms with Crippen LogP contribution in [0.15, 0.2) is 9.21 Å². The number of rotatable bonds is 7. The number of furan rings is 1. The summed E-state index contributed by atoms with van der Waals surface area (Å²) in [5.74, 6) is 0.196. The fourth-order valence-corrected chi connectivity index (χ4v) is 2.91. The van der Waals surface area contributed by atoms with Gasteiger partial charge in [0.25, 0.3) is 5.56 Å². The topological polar surface area (TPSA) is 112 Å². The molecule has 0 aliphatic carbocycles. The van der Waals surface area contributed by atoms with E-state index in [1.54, 1.807) is 30.7 Å². The molecule has 26 heavy (non-hydrogen) atoms. The Morgan fingerprint density at radius 1 is 1.15 bits per heavy atom. The van der Waals surface area contributed by atoms with Crippen molar-refractivity contribution in [1.82, 2.24) is 20.0 Å². The molecule has 0 bridgehead atoms. The first-order valence-corrected chi connectivity index (χ1v) is 8.52. The molecule has 0 atom stereocenters. The van der Waals surface area contributed by atoms with Crippen LogP contribution in [0.25, 0.3) is 10.8 Å². The van der Waals surface area contributed by atoms with Crippen molar-refractivity contribution in [3.63, 3.8) is 0 Å². The molecule has 0 aliphatic rings. The summed E-state index contributed by atoms with van der Waals surface area (Å²) in [7, 11) is 1.69. The van der Waals surface area contributed by atoms with Crippen molar-refractivity contribution in [1.29, 1.82) is 0 Å². The van der Waals surface area contributed by atoms with Crippen molar-refractivity contribution in [2.45, 2.75) is 27.7 Å². The minimum Gasteiger partial charge on any atom is -0.444 e. The first kappa shape index (κ1) is 19.6. The van der Waals surface area contributed by atoms with Gasteiger partial charge in [-0.25, -0.2) is 5.10 Å². The molecule has 0 aliphatic heterocycles. The number of amides is 2. The molecule has 0 fully saturated rings. The SMILES string of the molecule is CCN(CC)C(=O)CN(C)CC(=O)Nc1oc(C)c2c(C)n[nH]c(=O)c12. The Kier molecular flexibility index (Phi) is 6.14. The quantitative estimate of drug-likeness (QED) is 0.755. The van der Waals surface area contributed by atoms with Gasteiger partial charge in [0.2, 0.25) is 17.7 Å². The number of H-pyrrole nitrogens is 1. The van der Waals surface area contributed by atoms with Crippen LogP contribution in [0.3, 0.4) is 0 Å². The molecular weight excluding hydrogens is 338 g/mol. The molecule has 142 valence electrons. The number of carbonyl (C=O) groups excluding carboxylic acids is 2. The van der Waals surface area contributed by atoms with Crippen molar-refractivity contribution in [2.75, 3.05) is 38.5 Å². The van der Waals surface area contributed by atoms with Crippen molar-refractivity contribution >= 4 is 28.5 Å². The van der Waals surface area contributed by atoms with Crippen LogP contribution in [0.5, 0.6) is 0 Å². The van der Waals surface area contributed by atoms with Crippen LogP contribution in [0.2, 0.25) is 0 Å². The molecule has 0 aromatic carbocycles. The number of aromatic nitrogens is 2. The third-order valence-electron chi connectivity index (χ3n) is 4.19. The Morgan fingerprint density at radius 2 is 1.81 bits per heavy atom. The Balaban J connectivity index is 2.09. The summed E-state index contributed by atoms with van der Waals surface area (Å²) in [5, 5.41) is 9.77. The Bertz CT molecular complexity index is 866. The van der Waals surface area contributed by atoms with Crippen LogP contribution in [-0.4, -0.2) is 65.0 Å². The summed E-state index contributed by atoms with van der Waals surface area (Å²) in [6, 6.07) is 0. The van der Waals surface area contributed by atoms with Gasteiger partial charge in [0.05, 0.1) is 24.2 Å². The van der Waals surface area contributed by atoms with Crippen LogP contribution in [0.4, 0.5) is 5.88 Å². The van der Waals surface area contributed by atoms with Crippen molar-refractivity contribution in [3.05, 3.63) is 21.8 Å². The third-order valence-corrected chi connectivity index (χ3v) is 4.19. The highest BCUT2D eigenvalue weighted by molar-refractivity contribution is 6.02. The molecular formula is C17H25N5O4. The van der Waals surface area contributed by atoms with Gasteiger partial charge in [0, 0.05) is 13.1 Å².